The first kappa shape index (κ1) is 32.3. The van der Waals surface area contributed by atoms with E-state index in [1.807, 2.05) is 36.4 Å². The van der Waals surface area contributed by atoms with Crippen LogP contribution >= 0.6 is 39.9 Å². The second-order valence-electron chi connectivity index (χ2n) is 9.87. The second-order valence-corrected chi connectivity index (χ2v) is 14.1. The summed E-state index contributed by atoms with van der Waals surface area (Å²) in [6, 6.07) is 28.0. The average molecular weight is 722 g/mol. The van der Waals surface area contributed by atoms with Crippen LogP contribution in [-0.2, 0) is 30.8 Å². The van der Waals surface area contributed by atoms with Crippen molar-refractivity contribution in [1.82, 2.24) is 9.62 Å². The molecule has 8 nitrogen and oxygen atoms in total. The van der Waals surface area contributed by atoms with Gasteiger partial charge >= 0.3 is 5.97 Å². The lowest BCUT2D eigenvalue weighted by Crippen LogP contribution is -2.51. The summed E-state index contributed by atoms with van der Waals surface area (Å²) < 4.78 is 33.9. The molecule has 0 aliphatic carbocycles. The van der Waals surface area contributed by atoms with Gasteiger partial charge in [0.15, 0.2) is 0 Å². The molecule has 1 aliphatic heterocycles. The van der Waals surface area contributed by atoms with Crippen LogP contribution in [-0.4, -0.2) is 48.6 Å². The van der Waals surface area contributed by atoms with Gasteiger partial charge in [0.1, 0.15) is 10.4 Å². The largest absolute Gasteiger partial charge is 0.465 e. The molecule has 0 saturated carbocycles. The number of halogens is 1. The number of hydrogen-bond acceptors (Lipinski definition) is 8. The van der Waals surface area contributed by atoms with E-state index in [1.54, 1.807) is 60.7 Å². The van der Waals surface area contributed by atoms with Crippen molar-refractivity contribution in [2.45, 2.75) is 17.4 Å². The Morgan fingerprint density at radius 2 is 1.53 bits per heavy atom. The summed E-state index contributed by atoms with van der Waals surface area (Å²) in [5.41, 5.74) is 3.69. The van der Waals surface area contributed by atoms with Crippen molar-refractivity contribution < 1.29 is 27.5 Å². The zero-order valence-electron chi connectivity index (χ0n) is 23.7. The van der Waals surface area contributed by atoms with Crippen LogP contribution < -0.4 is 4.72 Å². The Morgan fingerprint density at radius 1 is 0.933 bits per heavy atom. The van der Waals surface area contributed by atoms with Crippen LogP contribution in [0.2, 0.25) is 0 Å². The molecular weight excluding hydrogens is 696 g/mol. The van der Waals surface area contributed by atoms with Gasteiger partial charge in [-0.1, -0.05) is 107 Å². The zero-order valence-corrected chi connectivity index (χ0v) is 27.7. The summed E-state index contributed by atoms with van der Waals surface area (Å²) >= 11 is 9.99. The maximum absolute atomic E-state index is 13.7. The molecule has 12 heteroatoms. The maximum atomic E-state index is 13.7. The molecule has 45 heavy (non-hydrogen) atoms. The molecule has 4 aromatic rings. The third-order valence-corrected chi connectivity index (χ3v) is 10.1. The molecule has 1 saturated heterocycles. The van der Waals surface area contributed by atoms with Gasteiger partial charge in [0, 0.05) is 10.9 Å². The number of esters is 1. The van der Waals surface area contributed by atoms with E-state index in [9.17, 15) is 22.8 Å². The Labute approximate surface area is 278 Å². The quantitative estimate of drug-likeness (QED) is 0.123. The van der Waals surface area contributed by atoms with Gasteiger partial charge in [-0.2, -0.15) is 0 Å². The number of methoxy groups -OCH3 is 1. The smallest absolute Gasteiger partial charge is 0.337 e. The van der Waals surface area contributed by atoms with Crippen molar-refractivity contribution in [2.75, 3.05) is 7.11 Å². The first-order valence-electron chi connectivity index (χ1n) is 13.5. The van der Waals surface area contributed by atoms with Crippen molar-refractivity contribution in [2.24, 2.45) is 0 Å². The van der Waals surface area contributed by atoms with E-state index >= 15 is 0 Å². The van der Waals surface area contributed by atoms with Gasteiger partial charge in [-0.25, -0.2) is 17.9 Å². The number of carbonyl (C=O) groups excluding carboxylic acids is 3. The molecule has 1 N–H and O–H groups in total. The number of carbonyl (C=O) groups is 3. The number of benzene rings is 4. The van der Waals surface area contributed by atoms with E-state index in [2.05, 4.69) is 20.7 Å². The van der Waals surface area contributed by atoms with Gasteiger partial charge in [-0.05, 0) is 64.7 Å². The summed E-state index contributed by atoms with van der Waals surface area (Å²) in [6.07, 6.45) is 1.71. The summed E-state index contributed by atoms with van der Waals surface area (Å²) in [5, 5.41) is 0. The molecule has 1 atom stereocenters. The van der Waals surface area contributed by atoms with Gasteiger partial charge in [0.25, 0.3) is 21.8 Å². The van der Waals surface area contributed by atoms with E-state index in [4.69, 9.17) is 17.0 Å². The van der Waals surface area contributed by atoms with Gasteiger partial charge < -0.3 is 4.74 Å². The Bertz CT molecular complexity index is 1900. The third-order valence-electron chi connectivity index (χ3n) is 6.92. The van der Waals surface area contributed by atoms with Crippen molar-refractivity contribution in [1.29, 1.82) is 0 Å². The van der Waals surface area contributed by atoms with Crippen LogP contribution in [0.3, 0.4) is 0 Å². The van der Waals surface area contributed by atoms with E-state index in [-0.39, 0.29) is 15.6 Å². The molecular formula is C33H25BrN2O6S3. The van der Waals surface area contributed by atoms with E-state index in [0.717, 1.165) is 32.9 Å². The lowest BCUT2D eigenvalue weighted by Gasteiger charge is -2.26. The number of thiocarbonyl (C=S) groups is 1. The zero-order chi connectivity index (χ0) is 32.1. The molecule has 0 unspecified atom stereocenters. The lowest BCUT2D eigenvalue weighted by molar-refractivity contribution is -0.131. The minimum Gasteiger partial charge on any atom is -0.465 e. The van der Waals surface area contributed by atoms with Crippen molar-refractivity contribution in [3.8, 4) is 11.1 Å². The van der Waals surface area contributed by atoms with Crippen LogP contribution in [0.25, 0.3) is 17.2 Å². The highest BCUT2D eigenvalue weighted by atomic mass is 79.9. The SMILES string of the molecule is COC(=O)c1ccc(-c2ccc(/C=C3\SC(=S)N([C@@H](Cc4ccc(Br)cc4)C(=O)NS(=O)(=O)c4ccccc4)C3=O)cc2)cc1. The molecule has 5 rings (SSSR count). The molecule has 1 aliphatic rings. The highest BCUT2D eigenvalue weighted by molar-refractivity contribution is 9.10. The highest BCUT2D eigenvalue weighted by Gasteiger charge is 2.41. The van der Waals surface area contributed by atoms with Crippen LogP contribution in [0.4, 0.5) is 0 Å². The van der Waals surface area contributed by atoms with Gasteiger partial charge in [-0.15, -0.1) is 0 Å². The van der Waals surface area contributed by atoms with E-state index in [0.29, 0.717) is 16.0 Å². The first-order chi connectivity index (χ1) is 21.6. The van der Waals surface area contributed by atoms with Gasteiger partial charge in [0.2, 0.25) is 0 Å². The summed E-state index contributed by atoms with van der Waals surface area (Å²) in [7, 11) is -2.87. The minimum absolute atomic E-state index is 0.0343. The van der Waals surface area contributed by atoms with Gasteiger partial charge in [-0.3, -0.25) is 14.5 Å². The molecule has 0 bridgehead atoms. The van der Waals surface area contributed by atoms with Crippen LogP contribution in [0.15, 0.2) is 117 Å². The molecule has 1 heterocycles. The molecule has 0 radical (unpaired) electrons. The van der Waals surface area contributed by atoms with Crippen LogP contribution in [0.1, 0.15) is 21.5 Å². The Morgan fingerprint density at radius 3 is 2.13 bits per heavy atom. The number of amides is 2. The average Bonchev–Trinajstić information content (AvgIpc) is 3.32. The predicted octanol–water partition coefficient (Wildman–Crippen LogP) is 6.22. The highest BCUT2D eigenvalue weighted by Crippen LogP contribution is 2.35. The molecule has 0 aromatic heterocycles. The Hall–Kier alpha value is -4.10. The number of hydrogen-bond donors (Lipinski definition) is 1. The number of ether oxygens (including phenoxy) is 1. The van der Waals surface area contributed by atoms with Crippen molar-refractivity contribution in [3.05, 3.63) is 129 Å². The van der Waals surface area contributed by atoms with Gasteiger partial charge in [0.05, 0.1) is 22.5 Å². The first-order valence-corrected chi connectivity index (χ1v) is 17.0. The van der Waals surface area contributed by atoms with Crippen molar-refractivity contribution in [3.63, 3.8) is 0 Å². The fourth-order valence-corrected chi connectivity index (χ4v) is 7.25. The number of thioether (sulfide) groups is 1. The number of nitrogens with one attached hydrogen (secondary N) is 1. The molecule has 4 aromatic carbocycles. The topological polar surface area (TPSA) is 110 Å². The maximum Gasteiger partial charge on any atom is 0.337 e. The lowest BCUT2D eigenvalue weighted by atomic mass is 10.0. The molecule has 0 spiro atoms. The number of rotatable bonds is 9. The normalized spacial score (nSPS) is 14.8. The third kappa shape index (κ3) is 7.59. The Balaban J connectivity index is 1.39. The predicted molar refractivity (Wildman–Crippen MR) is 182 cm³/mol. The summed E-state index contributed by atoms with van der Waals surface area (Å²) in [5.74, 6) is -1.78. The monoisotopic (exact) mass is 720 g/mol. The van der Waals surface area contributed by atoms with Crippen molar-refractivity contribution >= 4 is 78.1 Å². The minimum atomic E-state index is -4.20. The summed E-state index contributed by atoms with van der Waals surface area (Å²) in [6.45, 7) is 0. The number of nitrogens with zero attached hydrogens (tertiary/aromatic N) is 1. The molecule has 1 fully saturated rings. The summed E-state index contributed by atoms with van der Waals surface area (Å²) in [4.78, 5) is 40.4. The van der Waals surface area contributed by atoms with E-state index in [1.165, 1.54) is 24.1 Å². The standard InChI is InChI=1S/C33H25BrN2O6S3/c1-42-32(39)25-15-13-24(14-16-25)23-11-7-22(8-12-23)20-29-31(38)36(33(43)44-29)28(19-21-9-17-26(34)18-10-21)30(37)35-45(40,41)27-5-3-2-4-6-27/h2-18,20,28H,19H2,1H3,(H,35,37)/b29-20-/t28-/m0/s1. The second kappa shape index (κ2) is 13.9. The number of sulfonamides is 1. The fourth-order valence-electron chi connectivity index (χ4n) is 4.59. The van der Waals surface area contributed by atoms with Crippen LogP contribution in [0, 0.1) is 0 Å². The molecule has 2 amide bonds. The fraction of sp³-hybridized carbons (Fsp3) is 0.0909. The van der Waals surface area contributed by atoms with Crippen LogP contribution in [0.5, 0.6) is 0 Å². The Kier molecular flexibility index (Phi) is 9.98. The molecule has 228 valence electrons. The van der Waals surface area contributed by atoms with E-state index < -0.39 is 33.8 Å².